The van der Waals surface area contributed by atoms with Gasteiger partial charge in [-0.25, -0.2) is 4.98 Å². The van der Waals surface area contributed by atoms with Gasteiger partial charge in [-0.2, -0.15) is 0 Å². The maximum absolute atomic E-state index is 9.30. The van der Waals surface area contributed by atoms with E-state index < -0.39 is 0 Å². The number of aliphatic hydroxyl groups is 1. The highest BCUT2D eigenvalue weighted by Gasteiger charge is 2.20. The van der Waals surface area contributed by atoms with Crippen LogP contribution in [0.25, 0.3) is 0 Å². The van der Waals surface area contributed by atoms with Crippen LogP contribution in [-0.4, -0.2) is 23.2 Å². The summed E-state index contributed by atoms with van der Waals surface area (Å²) in [5.74, 6) is 0. The Morgan fingerprint density at radius 2 is 2.19 bits per heavy atom. The molecule has 0 aromatic carbocycles. The first-order chi connectivity index (χ1) is 7.50. The quantitative estimate of drug-likeness (QED) is 0.781. The van der Waals surface area contributed by atoms with Crippen LogP contribution >= 0.6 is 11.6 Å². The summed E-state index contributed by atoms with van der Waals surface area (Å²) in [5, 5.41) is 13.1. The number of nitrogens with one attached hydrogen (secondary N) is 1. The van der Waals surface area contributed by atoms with Crippen LogP contribution in [-0.2, 0) is 0 Å². The lowest BCUT2D eigenvalue weighted by molar-refractivity contribution is 0.149. The summed E-state index contributed by atoms with van der Waals surface area (Å²) in [5.41, 5.74) is 1.76. The van der Waals surface area contributed by atoms with Crippen molar-refractivity contribution in [2.45, 2.75) is 27.2 Å². The van der Waals surface area contributed by atoms with Gasteiger partial charge in [-0.05, 0) is 25.5 Å². The highest BCUT2D eigenvalue weighted by atomic mass is 35.5. The molecule has 0 bridgehead atoms. The molecule has 16 heavy (non-hydrogen) atoms. The van der Waals surface area contributed by atoms with Gasteiger partial charge in [0.2, 0.25) is 0 Å². The molecular weight excluding hydrogens is 224 g/mol. The molecule has 4 heteroatoms. The molecule has 1 unspecified atom stereocenters. The van der Waals surface area contributed by atoms with Crippen molar-refractivity contribution in [1.29, 1.82) is 0 Å². The molecule has 1 heterocycles. The Kier molecular flexibility index (Phi) is 4.56. The average Bonchev–Trinajstić information content (AvgIpc) is 2.27. The summed E-state index contributed by atoms with van der Waals surface area (Å²) in [6.07, 6.45) is 0.927. The third-order valence-corrected chi connectivity index (χ3v) is 3.20. The number of anilines is 1. The zero-order valence-corrected chi connectivity index (χ0v) is 10.8. The van der Waals surface area contributed by atoms with E-state index in [2.05, 4.69) is 24.1 Å². The molecule has 1 aromatic rings. The van der Waals surface area contributed by atoms with Crippen molar-refractivity contribution in [1.82, 2.24) is 4.98 Å². The van der Waals surface area contributed by atoms with E-state index in [0.29, 0.717) is 5.15 Å². The van der Waals surface area contributed by atoms with Crippen molar-refractivity contribution >= 4 is 17.3 Å². The molecule has 0 aliphatic heterocycles. The normalized spacial score (nSPS) is 14.6. The second-order valence-electron chi connectivity index (χ2n) is 4.44. The number of rotatable bonds is 5. The van der Waals surface area contributed by atoms with E-state index in [9.17, 15) is 5.11 Å². The Balaban J connectivity index is 2.67. The van der Waals surface area contributed by atoms with Gasteiger partial charge in [0.15, 0.2) is 0 Å². The highest BCUT2D eigenvalue weighted by Crippen LogP contribution is 2.22. The van der Waals surface area contributed by atoms with Gasteiger partial charge in [0.1, 0.15) is 5.15 Å². The molecule has 1 atom stereocenters. The number of hydrogen-bond acceptors (Lipinski definition) is 3. The van der Waals surface area contributed by atoms with E-state index in [-0.39, 0.29) is 12.0 Å². The van der Waals surface area contributed by atoms with Crippen molar-refractivity contribution in [3.8, 4) is 0 Å². The standard InChI is InChI=1S/C12H19ClN2O/c1-4-12(3,8-16)7-14-10-5-6-11(13)15-9(10)2/h5-6,14,16H,4,7-8H2,1-3H3. The first-order valence-electron chi connectivity index (χ1n) is 5.48. The topological polar surface area (TPSA) is 45.1 Å². The Hall–Kier alpha value is -0.800. The van der Waals surface area contributed by atoms with Crippen molar-refractivity contribution < 1.29 is 5.11 Å². The number of nitrogens with zero attached hydrogens (tertiary/aromatic N) is 1. The molecule has 0 radical (unpaired) electrons. The molecule has 0 saturated heterocycles. The second kappa shape index (κ2) is 5.51. The molecule has 90 valence electrons. The van der Waals surface area contributed by atoms with Gasteiger partial charge < -0.3 is 10.4 Å². The number of halogens is 1. The van der Waals surface area contributed by atoms with Crippen molar-refractivity contribution in [2.24, 2.45) is 5.41 Å². The minimum atomic E-state index is -0.0912. The van der Waals surface area contributed by atoms with Gasteiger partial charge in [0, 0.05) is 12.0 Å². The SMILES string of the molecule is CCC(C)(CO)CNc1ccc(Cl)nc1C. The van der Waals surface area contributed by atoms with Gasteiger partial charge in [0.25, 0.3) is 0 Å². The molecule has 0 aliphatic rings. The summed E-state index contributed by atoms with van der Waals surface area (Å²) in [6, 6.07) is 3.68. The highest BCUT2D eigenvalue weighted by molar-refractivity contribution is 6.29. The van der Waals surface area contributed by atoms with Crippen molar-refractivity contribution in [3.05, 3.63) is 23.0 Å². The molecular formula is C12H19ClN2O. The number of pyridine rings is 1. The molecule has 2 N–H and O–H groups in total. The predicted molar refractivity (Wildman–Crippen MR) is 68.0 cm³/mol. The van der Waals surface area contributed by atoms with Gasteiger partial charge in [0.05, 0.1) is 18.0 Å². The van der Waals surface area contributed by atoms with E-state index in [1.807, 2.05) is 13.0 Å². The first kappa shape index (κ1) is 13.3. The van der Waals surface area contributed by atoms with Crippen LogP contribution in [0.3, 0.4) is 0 Å². The molecule has 0 amide bonds. The van der Waals surface area contributed by atoms with Crippen LogP contribution in [0.1, 0.15) is 26.0 Å². The molecule has 0 saturated carbocycles. The second-order valence-corrected chi connectivity index (χ2v) is 4.83. The fraction of sp³-hybridized carbons (Fsp3) is 0.583. The number of aromatic nitrogens is 1. The maximum Gasteiger partial charge on any atom is 0.129 e. The number of hydrogen-bond donors (Lipinski definition) is 2. The fourth-order valence-electron chi connectivity index (χ4n) is 1.32. The third-order valence-electron chi connectivity index (χ3n) is 2.99. The monoisotopic (exact) mass is 242 g/mol. The van der Waals surface area contributed by atoms with Crippen LogP contribution in [0, 0.1) is 12.3 Å². The van der Waals surface area contributed by atoms with Gasteiger partial charge in [-0.3, -0.25) is 0 Å². The van der Waals surface area contributed by atoms with Crippen LogP contribution < -0.4 is 5.32 Å². The van der Waals surface area contributed by atoms with Crippen LogP contribution in [0.15, 0.2) is 12.1 Å². The average molecular weight is 243 g/mol. The molecule has 0 fully saturated rings. The minimum Gasteiger partial charge on any atom is -0.396 e. The molecule has 1 aromatic heterocycles. The van der Waals surface area contributed by atoms with E-state index in [0.717, 1.165) is 24.3 Å². The minimum absolute atomic E-state index is 0.0912. The van der Waals surface area contributed by atoms with E-state index in [1.165, 1.54) is 0 Å². The van der Waals surface area contributed by atoms with E-state index in [1.54, 1.807) is 6.07 Å². The molecule has 3 nitrogen and oxygen atoms in total. The third kappa shape index (κ3) is 3.35. The zero-order chi connectivity index (χ0) is 12.2. The lowest BCUT2D eigenvalue weighted by Gasteiger charge is -2.26. The summed E-state index contributed by atoms with van der Waals surface area (Å²) >= 11 is 5.78. The number of aliphatic hydroxyl groups excluding tert-OH is 1. The number of aryl methyl sites for hydroxylation is 1. The fourth-order valence-corrected chi connectivity index (χ4v) is 1.51. The maximum atomic E-state index is 9.30. The molecule has 0 aliphatic carbocycles. The Morgan fingerprint density at radius 1 is 1.50 bits per heavy atom. The smallest absolute Gasteiger partial charge is 0.129 e. The van der Waals surface area contributed by atoms with Gasteiger partial charge in [-0.1, -0.05) is 25.4 Å². The summed E-state index contributed by atoms with van der Waals surface area (Å²) in [4.78, 5) is 4.17. The summed E-state index contributed by atoms with van der Waals surface area (Å²) < 4.78 is 0. The lowest BCUT2D eigenvalue weighted by Crippen LogP contribution is -2.29. The first-order valence-corrected chi connectivity index (χ1v) is 5.86. The van der Waals surface area contributed by atoms with Crippen LogP contribution in [0.5, 0.6) is 0 Å². The van der Waals surface area contributed by atoms with E-state index >= 15 is 0 Å². The van der Waals surface area contributed by atoms with E-state index in [4.69, 9.17) is 11.6 Å². The van der Waals surface area contributed by atoms with Gasteiger partial charge >= 0.3 is 0 Å². The van der Waals surface area contributed by atoms with Crippen molar-refractivity contribution in [2.75, 3.05) is 18.5 Å². The summed E-state index contributed by atoms with van der Waals surface area (Å²) in [6.45, 7) is 6.95. The Labute approximate surface area is 102 Å². The van der Waals surface area contributed by atoms with Crippen LogP contribution in [0.2, 0.25) is 5.15 Å². The van der Waals surface area contributed by atoms with Crippen LogP contribution in [0.4, 0.5) is 5.69 Å². The molecule has 1 rings (SSSR count). The Bertz CT molecular complexity index is 351. The zero-order valence-electron chi connectivity index (χ0n) is 10.0. The predicted octanol–water partition coefficient (Wildman–Crippen LogP) is 2.86. The van der Waals surface area contributed by atoms with Crippen molar-refractivity contribution in [3.63, 3.8) is 0 Å². The lowest BCUT2D eigenvalue weighted by atomic mass is 9.88. The van der Waals surface area contributed by atoms with Gasteiger partial charge in [-0.15, -0.1) is 0 Å². The summed E-state index contributed by atoms with van der Waals surface area (Å²) in [7, 11) is 0. The molecule has 0 spiro atoms. The largest absolute Gasteiger partial charge is 0.396 e. The Morgan fingerprint density at radius 3 is 2.69 bits per heavy atom.